The molecule has 18 heavy (non-hydrogen) atoms. The lowest BCUT2D eigenvalue weighted by Crippen LogP contribution is -2.21. The minimum atomic E-state index is -0.396. The molecule has 0 spiro atoms. The quantitative estimate of drug-likeness (QED) is 0.485. The van der Waals surface area contributed by atoms with E-state index in [2.05, 4.69) is 0 Å². The minimum Gasteiger partial charge on any atom is -0.462 e. The number of rotatable bonds is 5. The standard InChI is InChI=1S/C13H18N2O3/c1-15(2)12(16)4-3-9-18-13(17)10-5-7-11(14)8-6-10/h5-8H,3-4,9,14H2,1-2H3. The molecule has 0 atom stereocenters. The van der Waals surface area contributed by atoms with Crippen LogP contribution in [0, 0.1) is 0 Å². The van der Waals surface area contributed by atoms with E-state index in [0.29, 0.717) is 24.1 Å². The predicted octanol–water partition coefficient (Wildman–Crippen LogP) is 1.29. The van der Waals surface area contributed by atoms with E-state index in [4.69, 9.17) is 10.5 Å². The van der Waals surface area contributed by atoms with Crippen molar-refractivity contribution in [1.29, 1.82) is 0 Å². The Morgan fingerprint density at radius 1 is 1.22 bits per heavy atom. The number of nitrogens with zero attached hydrogens (tertiary/aromatic N) is 1. The first-order valence-corrected chi connectivity index (χ1v) is 5.73. The molecule has 1 rings (SSSR count). The summed E-state index contributed by atoms with van der Waals surface area (Å²) < 4.78 is 5.05. The van der Waals surface area contributed by atoms with Crippen molar-refractivity contribution in [1.82, 2.24) is 4.90 Å². The van der Waals surface area contributed by atoms with Crippen molar-refractivity contribution in [2.24, 2.45) is 0 Å². The number of carbonyl (C=O) groups is 2. The Morgan fingerprint density at radius 2 is 1.83 bits per heavy atom. The lowest BCUT2D eigenvalue weighted by Gasteiger charge is -2.10. The van der Waals surface area contributed by atoms with E-state index < -0.39 is 5.97 Å². The van der Waals surface area contributed by atoms with E-state index in [9.17, 15) is 9.59 Å². The Morgan fingerprint density at radius 3 is 2.39 bits per heavy atom. The number of nitrogen functional groups attached to an aromatic ring is 1. The summed E-state index contributed by atoms with van der Waals surface area (Å²) in [6.45, 7) is 0.239. The maximum Gasteiger partial charge on any atom is 0.338 e. The van der Waals surface area contributed by atoms with Crippen LogP contribution in [0.5, 0.6) is 0 Å². The monoisotopic (exact) mass is 250 g/mol. The van der Waals surface area contributed by atoms with Gasteiger partial charge in [0.1, 0.15) is 0 Å². The molecule has 0 aliphatic rings. The number of amides is 1. The molecule has 0 unspecified atom stereocenters. The number of hydrogen-bond donors (Lipinski definition) is 1. The molecule has 0 heterocycles. The summed E-state index contributed by atoms with van der Waals surface area (Å²) in [5, 5.41) is 0. The highest BCUT2D eigenvalue weighted by Gasteiger charge is 2.08. The van der Waals surface area contributed by atoms with Gasteiger partial charge in [-0.1, -0.05) is 0 Å². The summed E-state index contributed by atoms with van der Waals surface area (Å²) in [5.41, 5.74) is 6.58. The third-order valence-electron chi connectivity index (χ3n) is 2.41. The molecule has 0 aliphatic carbocycles. The van der Waals surface area contributed by atoms with Gasteiger partial charge in [-0.25, -0.2) is 4.79 Å². The highest BCUT2D eigenvalue weighted by molar-refractivity contribution is 5.89. The summed E-state index contributed by atoms with van der Waals surface area (Å²) in [7, 11) is 3.39. The summed E-state index contributed by atoms with van der Waals surface area (Å²) in [6.07, 6.45) is 0.903. The second-order valence-electron chi connectivity index (χ2n) is 4.15. The third-order valence-corrected chi connectivity index (χ3v) is 2.41. The molecule has 1 amide bonds. The van der Waals surface area contributed by atoms with E-state index in [-0.39, 0.29) is 12.5 Å². The number of anilines is 1. The van der Waals surface area contributed by atoms with Crippen molar-refractivity contribution >= 4 is 17.6 Å². The van der Waals surface area contributed by atoms with E-state index in [0.717, 1.165) is 0 Å². The Balaban J connectivity index is 2.29. The number of ether oxygens (including phenoxy) is 1. The molecule has 0 saturated heterocycles. The normalized spacial score (nSPS) is 9.89. The largest absolute Gasteiger partial charge is 0.462 e. The second-order valence-corrected chi connectivity index (χ2v) is 4.15. The van der Waals surface area contributed by atoms with Gasteiger partial charge in [0.2, 0.25) is 5.91 Å². The zero-order valence-electron chi connectivity index (χ0n) is 10.7. The fourth-order valence-corrected chi connectivity index (χ4v) is 1.31. The smallest absolute Gasteiger partial charge is 0.338 e. The Kier molecular flexibility index (Phi) is 5.17. The van der Waals surface area contributed by atoms with E-state index in [1.54, 1.807) is 38.4 Å². The first-order chi connectivity index (χ1) is 8.50. The average Bonchev–Trinajstić information content (AvgIpc) is 2.34. The van der Waals surface area contributed by atoms with Gasteiger partial charge in [0, 0.05) is 26.2 Å². The van der Waals surface area contributed by atoms with Crippen LogP contribution in [0.1, 0.15) is 23.2 Å². The van der Waals surface area contributed by atoms with E-state index in [1.807, 2.05) is 0 Å². The van der Waals surface area contributed by atoms with Crippen molar-refractivity contribution in [3.8, 4) is 0 Å². The molecule has 98 valence electrons. The molecular weight excluding hydrogens is 232 g/mol. The minimum absolute atomic E-state index is 0.0264. The Bertz CT molecular complexity index is 413. The van der Waals surface area contributed by atoms with Crippen LogP contribution in [0.4, 0.5) is 5.69 Å². The van der Waals surface area contributed by atoms with Crippen molar-refractivity contribution < 1.29 is 14.3 Å². The van der Waals surface area contributed by atoms with Crippen LogP contribution in [0.3, 0.4) is 0 Å². The average molecular weight is 250 g/mol. The number of benzene rings is 1. The molecule has 0 fully saturated rings. The zero-order chi connectivity index (χ0) is 13.5. The molecule has 5 heteroatoms. The third kappa shape index (κ3) is 4.45. The SMILES string of the molecule is CN(C)C(=O)CCCOC(=O)c1ccc(N)cc1. The van der Waals surface area contributed by atoms with Gasteiger partial charge in [-0.05, 0) is 30.7 Å². The molecule has 2 N–H and O–H groups in total. The van der Waals surface area contributed by atoms with Gasteiger partial charge in [0.25, 0.3) is 0 Å². The van der Waals surface area contributed by atoms with Crippen LogP contribution >= 0.6 is 0 Å². The first kappa shape index (κ1) is 14.0. The van der Waals surface area contributed by atoms with Gasteiger partial charge < -0.3 is 15.4 Å². The lowest BCUT2D eigenvalue weighted by molar-refractivity contribution is -0.128. The van der Waals surface area contributed by atoms with Gasteiger partial charge in [0.15, 0.2) is 0 Å². The van der Waals surface area contributed by atoms with E-state index >= 15 is 0 Å². The first-order valence-electron chi connectivity index (χ1n) is 5.73. The van der Waals surface area contributed by atoms with E-state index in [1.165, 1.54) is 4.90 Å². The van der Waals surface area contributed by atoms with Gasteiger partial charge in [-0.2, -0.15) is 0 Å². The fraction of sp³-hybridized carbons (Fsp3) is 0.385. The summed E-state index contributed by atoms with van der Waals surface area (Å²) >= 11 is 0. The number of esters is 1. The topological polar surface area (TPSA) is 72.6 Å². The molecule has 0 radical (unpaired) electrons. The predicted molar refractivity (Wildman–Crippen MR) is 69.1 cm³/mol. The number of hydrogen-bond acceptors (Lipinski definition) is 4. The van der Waals surface area contributed by atoms with Crippen LogP contribution in [0.2, 0.25) is 0 Å². The fourth-order valence-electron chi connectivity index (χ4n) is 1.31. The van der Waals surface area contributed by atoms with Crippen LogP contribution in [0.15, 0.2) is 24.3 Å². The number of nitrogens with two attached hydrogens (primary N) is 1. The molecule has 0 aromatic heterocycles. The van der Waals surface area contributed by atoms with Crippen LogP contribution in [-0.4, -0.2) is 37.5 Å². The Labute approximate surface area is 107 Å². The molecule has 0 bridgehead atoms. The van der Waals surface area contributed by atoms with Gasteiger partial charge >= 0.3 is 5.97 Å². The van der Waals surface area contributed by atoms with Gasteiger partial charge in [0.05, 0.1) is 12.2 Å². The van der Waals surface area contributed by atoms with Crippen LogP contribution in [-0.2, 0) is 9.53 Å². The molecule has 1 aromatic rings. The zero-order valence-corrected chi connectivity index (χ0v) is 10.7. The van der Waals surface area contributed by atoms with Gasteiger partial charge in [-0.15, -0.1) is 0 Å². The van der Waals surface area contributed by atoms with Crippen molar-refractivity contribution in [2.45, 2.75) is 12.8 Å². The summed E-state index contributed by atoms with van der Waals surface area (Å²) in [5.74, 6) is -0.370. The maximum atomic E-state index is 11.6. The van der Waals surface area contributed by atoms with Crippen LogP contribution < -0.4 is 5.73 Å². The Hall–Kier alpha value is -2.04. The lowest BCUT2D eigenvalue weighted by atomic mass is 10.2. The van der Waals surface area contributed by atoms with Crippen molar-refractivity contribution in [2.75, 3.05) is 26.4 Å². The van der Waals surface area contributed by atoms with Crippen molar-refractivity contribution in [3.63, 3.8) is 0 Å². The van der Waals surface area contributed by atoms with Gasteiger partial charge in [-0.3, -0.25) is 4.79 Å². The second kappa shape index (κ2) is 6.64. The number of carbonyl (C=O) groups excluding carboxylic acids is 2. The molecular formula is C13H18N2O3. The molecule has 0 saturated carbocycles. The molecule has 0 aliphatic heterocycles. The van der Waals surface area contributed by atoms with Crippen LogP contribution in [0.25, 0.3) is 0 Å². The van der Waals surface area contributed by atoms with Crippen molar-refractivity contribution in [3.05, 3.63) is 29.8 Å². The highest BCUT2D eigenvalue weighted by Crippen LogP contribution is 2.07. The molecule has 5 nitrogen and oxygen atoms in total. The summed E-state index contributed by atoms with van der Waals surface area (Å²) in [6, 6.07) is 6.52. The summed E-state index contributed by atoms with van der Waals surface area (Å²) in [4.78, 5) is 24.4. The highest BCUT2D eigenvalue weighted by atomic mass is 16.5. The maximum absolute atomic E-state index is 11.6. The molecule has 1 aromatic carbocycles.